The molecule has 1 atom stereocenters. The number of nitrogens with one attached hydrogen (secondary N) is 2. The first kappa shape index (κ1) is 22.8. The van der Waals surface area contributed by atoms with Crippen LogP contribution in [0.1, 0.15) is 68.6 Å². The average Bonchev–Trinajstić information content (AvgIpc) is 3.16. The number of hydrogen-bond donors (Lipinski definition) is 2. The van der Waals surface area contributed by atoms with Crippen LogP contribution in [0.3, 0.4) is 0 Å². The zero-order valence-electron chi connectivity index (χ0n) is 16.3. The smallest absolute Gasteiger partial charge is 0.251 e. The van der Waals surface area contributed by atoms with E-state index in [9.17, 15) is 14.4 Å². The predicted molar refractivity (Wildman–Crippen MR) is 115 cm³/mol. The number of carbonyl (C=O) groups is 3. The molecule has 5 nitrogen and oxygen atoms in total. The first-order chi connectivity index (χ1) is 13.5. The molecule has 1 aromatic carbocycles. The van der Waals surface area contributed by atoms with Gasteiger partial charge in [-0.25, -0.2) is 0 Å². The van der Waals surface area contributed by atoms with Crippen molar-refractivity contribution in [3.8, 4) is 0 Å². The molecule has 28 heavy (non-hydrogen) atoms. The number of amides is 2. The van der Waals surface area contributed by atoms with Gasteiger partial charge in [0.25, 0.3) is 5.91 Å². The third kappa shape index (κ3) is 8.23. The molecule has 0 spiro atoms. The fourth-order valence-corrected chi connectivity index (χ4v) is 4.09. The number of unbranched alkanes of at least 4 members (excludes halogenated alkanes) is 2. The van der Waals surface area contributed by atoms with Crippen LogP contribution in [-0.4, -0.2) is 34.8 Å². The largest absolute Gasteiger partial charge is 0.352 e. The molecule has 2 N–H and O–H groups in total. The van der Waals surface area contributed by atoms with Crippen LogP contribution in [-0.2, 0) is 9.59 Å². The van der Waals surface area contributed by atoms with Gasteiger partial charge < -0.3 is 10.6 Å². The lowest BCUT2D eigenvalue weighted by molar-refractivity contribution is -0.123. The van der Waals surface area contributed by atoms with Crippen molar-refractivity contribution >= 4 is 40.3 Å². The molecule has 1 saturated carbocycles. The highest BCUT2D eigenvalue weighted by molar-refractivity contribution is 8.13. The lowest BCUT2D eigenvalue weighted by Crippen LogP contribution is -2.49. The van der Waals surface area contributed by atoms with Crippen molar-refractivity contribution in [1.29, 1.82) is 0 Å². The van der Waals surface area contributed by atoms with E-state index in [1.165, 1.54) is 11.8 Å². The monoisotopic (exact) mass is 424 g/mol. The minimum atomic E-state index is -0.552. The minimum Gasteiger partial charge on any atom is -0.352 e. The van der Waals surface area contributed by atoms with Crippen molar-refractivity contribution in [2.45, 2.75) is 70.4 Å². The maximum absolute atomic E-state index is 12.7. The lowest BCUT2D eigenvalue weighted by atomic mass is 10.1. The van der Waals surface area contributed by atoms with Crippen molar-refractivity contribution in [1.82, 2.24) is 10.6 Å². The molecule has 154 valence electrons. The molecule has 2 amide bonds. The Balaban J connectivity index is 1.88. The summed E-state index contributed by atoms with van der Waals surface area (Å²) in [6.07, 6.45) is 7.54. The Hall–Kier alpha value is -1.53. The summed E-state index contributed by atoms with van der Waals surface area (Å²) in [5.74, 6) is 0.425. The molecule has 1 fully saturated rings. The van der Waals surface area contributed by atoms with Crippen molar-refractivity contribution in [3.05, 3.63) is 34.9 Å². The highest BCUT2D eigenvalue weighted by atomic mass is 35.5. The Morgan fingerprint density at radius 3 is 2.43 bits per heavy atom. The topological polar surface area (TPSA) is 75.3 Å². The van der Waals surface area contributed by atoms with Crippen LogP contribution in [0.4, 0.5) is 0 Å². The van der Waals surface area contributed by atoms with Gasteiger partial charge in [-0.1, -0.05) is 49.0 Å². The lowest BCUT2D eigenvalue weighted by Gasteiger charge is -2.21. The molecular weight excluding hydrogens is 396 g/mol. The maximum Gasteiger partial charge on any atom is 0.251 e. The SMILES string of the molecule is CC(=O)SCCCCC[C@H](NC(=O)c1ccc(Cl)cc1)C(=O)NC1CCCC1. The number of hydrogen-bond acceptors (Lipinski definition) is 4. The van der Waals surface area contributed by atoms with E-state index in [2.05, 4.69) is 10.6 Å². The first-order valence-electron chi connectivity index (χ1n) is 9.96. The van der Waals surface area contributed by atoms with Crippen LogP contribution in [0.2, 0.25) is 5.02 Å². The summed E-state index contributed by atoms with van der Waals surface area (Å²) in [6, 6.07) is 6.30. The van der Waals surface area contributed by atoms with E-state index in [1.54, 1.807) is 31.2 Å². The predicted octanol–water partition coefficient (Wildman–Crippen LogP) is 4.34. The number of rotatable bonds is 10. The molecular formula is C21H29ClN2O3S. The Morgan fingerprint density at radius 2 is 1.79 bits per heavy atom. The fourth-order valence-electron chi connectivity index (χ4n) is 3.33. The molecule has 0 saturated heterocycles. The molecule has 0 aromatic heterocycles. The summed E-state index contributed by atoms with van der Waals surface area (Å²) in [7, 11) is 0. The Bertz CT molecular complexity index is 660. The highest BCUT2D eigenvalue weighted by Gasteiger charge is 2.25. The molecule has 0 heterocycles. The summed E-state index contributed by atoms with van der Waals surface area (Å²) in [5.41, 5.74) is 0.487. The summed E-state index contributed by atoms with van der Waals surface area (Å²) < 4.78 is 0. The zero-order valence-corrected chi connectivity index (χ0v) is 17.9. The van der Waals surface area contributed by atoms with E-state index in [0.717, 1.165) is 50.7 Å². The summed E-state index contributed by atoms with van der Waals surface area (Å²) >= 11 is 7.21. The summed E-state index contributed by atoms with van der Waals surface area (Å²) in [4.78, 5) is 36.2. The second kappa shape index (κ2) is 12.1. The van der Waals surface area contributed by atoms with Gasteiger partial charge in [-0.3, -0.25) is 14.4 Å². The van der Waals surface area contributed by atoms with Gasteiger partial charge in [-0.05, 0) is 49.9 Å². The highest BCUT2D eigenvalue weighted by Crippen LogP contribution is 2.18. The van der Waals surface area contributed by atoms with Gasteiger partial charge >= 0.3 is 0 Å². The molecule has 1 aliphatic rings. The van der Waals surface area contributed by atoms with Crippen molar-refractivity contribution < 1.29 is 14.4 Å². The Kier molecular flexibility index (Phi) is 9.85. The van der Waals surface area contributed by atoms with Crippen LogP contribution in [0, 0.1) is 0 Å². The van der Waals surface area contributed by atoms with Crippen molar-refractivity contribution in [3.63, 3.8) is 0 Å². The van der Waals surface area contributed by atoms with Gasteiger partial charge in [-0.2, -0.15) is 0 Å². The van der Waals surface area contributed by atoms with Gasteiger partial charge in [0, 0.05) is 29.3 Å². The van der Waals surface area contributed by atoms with Gasteiger partial charge in [-0.15, -0.1) is 0 Å². The molecule has 1 aromatic rings. The van der Waals surface area contributed by atoms with E-state index in [4.69, 9.17) is 11.6 Å². The van der Waals surface area contributed by atoms with Crippen LogP contribution in [0.15, 0.2) is 24.3 Å². The van der Waals surface area contributed by atoms with Crippen molar-refractivity contribution in [2.24, 2.45) is 0 Å². The van der Waals surface area contributed by atoms with Gasteiger partial charge in [0.1, 0.15) is 6.04 Å². The molecule has 2 rings (SSSR count). The van der Waals surface area contributed by atoms with E-state index >= 15 is 0 Å². The maximum atomic E-state index is 12.7. The average molecular weight is 425 g/mol. The number of carbonyl (C=O) groups excluding carboxylic acids is 3. The van der Waals surface area contributed by atoms with Gasteiger partial charge in [0.05, 0.1) is 0 Å². The molecule has 0 radical (unpaired) electrons. The Morgan fingerprint density at radius 1 is 1.11 bits per heavy atom. The van der Waals surface area contributed by atoms with Crippen LogP contribution in [0.25, 0.3) is 0 Å². The second-order valence-corrected chi connectivity index (χ2v) is 8.92. The van der Waals surface area contributed by atoms with E-state index in [0.29, 0.717) is 17.0 Å². The van der Waals surface area contributed by atoms with Crippen LogP contribution < -0.4 is 10.6 Å². The van der Waals surface area contributed by atoms with Crippen LogP contribution >= 0.6 is 23.4 Å². The number of halogens is 1. The van der Waals surface area contributed by atoms with E-state index in [-0.39, 0.29) is 23.0 Å². The third-order valence-electron chi connectivity index (χ3n) is 4.87. The normalized spacial score (nSPS) is 15.2. The molecule has 7 heteroatoms. The van der Waals surface area contributed by atoms with E-state index < -0.39 is 6.04 Å². The second-order valence-electron chi connectivity index (χ2n) is 7.21. The summed E-state index contributed by atoms with van der Waals surface area (Å²) in [6.45, 7) is 1.57. The van der Waals surface area contributed by atoms with Gasteiger partial charge in [0.15, 0.2) is 5.12 Å². The summed E-state index contributed by atoms with van der Waals surface area (Å²) in [5, 5.41) is 6.66. The van der Waals surface area contributed by atoms with Gasteiger partial charge in [0.2, 0.25) is 5.91 Å². The molecule has 0 bridgehead atoms. The molecule has 0 aliphatic heterocycles. The van der Waals surface area contributed by atoms with Crippen LogP contribution in [0.5, 0.6) is 0 Å². The fraction of sp³-hybridized carbons (Fsp3) is 0.571. The Labute approximate surface area is 176 Å². The minimum absolute atomic E-state index is 0.104. The zero-order chi connectivity index (χ0) is 20.4. The molecule has 1 aliphatic carbocycles. The number of benzene rings is 1. The quantitative estimate of drug-likeness (QED) is 0.548. The van der Waals surface area contributed by atoms with Crippen molar-refractivity contribution in [2.75, 3.05) is 5.75 Å². The first-order valence-corrected chi connectivity index (χ1v) is 11.3. The number of thioether (sulfide) groups is 1. The standard InChI is InChI=1S/C21H29ClN2O3S/c1-15(25)28-14-6-2-3-9-19(21(27)23-18-7-4-5-8-18)24-20(26)16-10-12-17(22)13-11-16/h10-13,18-19H,2-9,14H2,1H3,(H,23,27)(H,24,26)/t19-/m0/s1. The van der Waals surface area contributed by atoms with E-state index in [1.807, 2.05) is 0 Å². The molecule has 0 unspecified atom stereocenters. The third-order valence-corrected chi connectivity index (χ3v) is 6.02.